The summed E-state index contributed by atoms with van der Waals surface area (Å²) in [7, 11) is 2.17. The molecule has 0 amide bonds. The Kier molecular flexibility index (Phi) is 5.47. The fourth-order valence-electron chi connectivity index (χ4n) is 4.73. The Morgan fingerprint density at radius 2 is 2.04 bits per heavy atom. The van der Waals surface area contributed by atoms with Gasteiger partial charge in [-0.15, -0.1) is 10.2 Å². The average Bonchev–Trinajstić information content (AvgIpc) is 3.24. The van der Waals surface area contributed by atoms with Gasteiger partial charge in [0.1, 0.15) is 5.82 Å². The zero-order chi connectivity index (χ0) is 19.9. The van der Waals surface area contributed by atoms with Crippen molar-refractivity contribution in [3.63, 3.8) is 0 Å². The summed E-state index contributed by atoms with van der Waals surface area (Å²) in [4.78, 5) is 4.80. The van der Waals surface area contributed by atoms with Crippen LogP contribution in [0.5, 0.6) is 0 Å². The summed E-state index contributed by atoms with van der Waals surface area (Å²) in [6, 6.07) is 4.67. The van der Waals surface area contributed by atoms with Crippen molar-refractivity contribution in [3.05, 3.63) is 46.4 Å². The summed E-state index contributed by atoms with van der Waals surface area (Å²) in [5.74, 6) is 1.77. The van der Waals surface area contributed by atoms with Crippen molar-refractivity contribution in [2.24, 2.45) is 5.41 Å². The van der Waals surface area contributed by atoms with E-state index < -0.39 is 0 Å². The number of likely N-dealkylation sites (N-methyl/N-ethyl adjacent to an activating group) is 1. The van der Waals surface area contributed by atoms with Crippen molar-refractivity contribution in [2.75, 3.05) is 33.2 Å². The Labute approximate surface area is 170 Å². The molecule has 0 saturated carbocycles. The summed E-state index contributed by atoms with van der Waals surface area (Å²) in [5, 5.41) is 9.17. The van der Waals surface area contributed by atoms with Crippen LogP contribution in [0.15, 0.2) is 22.6 Å². The van der Waals surface area contributed by atoms with E-state index in [0.29, 0.717) is 5.02 Å². The molecule has 2 aliphatic heterocycles. The summed E-state index contributed by atoms with van der Waals surface area (Å²) in [6.07, 6.45) is 2.17. The van der Waals surface area contributed by atoms with E-state index in [2.05, 4.69) is 40.9 Å². The molecule has 2 aliphatic rings. The van der Waals surface area contributed by atoms with Crippen molar-refractivity contribution >= 4 is 11.6 Å². The van der Waals surface area contributed by atoms with Crippen LogP contribution >= 0.6 is 11.6 Å². The van der Waals surface area contributed by atoms with E-state index in [1.807, 2.05) is 0 Å². The van der Waals surface area contributed by atoms with Crippen molar-refractivity contribution in [2.45, 2.75) is 45.1 Å². The third-order valence-electron chi connectivity index (χ3n) is 6.33. The molecule has 152 valence electrons. The molecule has 1 spiro atoms. The number of hydrogen-bond donors (Lipinski definition) is 0. The highest BCUT2D eigenvalue weighted by Crippen LogP contribution is 2.49. The molecule has 0 N–H and O–H groups in total. The molecule has 0 bridgehead atoms. The maximum absolute atomic E-state index is 13.3. The summed E-state index contributed by atoms with van der Waals surface area (Å²) in [6.45, 7) is 8.91. The molecule has 0 radical (unpaired) electrons. The first-order valence-electron chi connectivity index (χ1n) is 10.0. The SMILES string of the molecule is CC(C)c1nnc(C2CN(C)CC23CCN(Cc2ccc(F)cc2Cl)CC3)o1. The second kappa shape index (κ2) is 7.73. The van der Waals surface area contributed by atoms with E-state index in [1.54, 1.807) is 6.07 Å². The topological polar surface area (TPSA) is 45.4 Å². The van der Waals surface area contributed by atoms with Gasteiger partial charge in [-0.2, -0.15) is 0 Å². The minimum atomic E-state index is -0.288. The van der Waals surface area contributed by atoms with Crippen LogP contribution in [-0.2, 0) is 6.54 Å². The van der Waals surface area contributed by atoms with Gasteiger partial charge in [0.25, 0.3) is 0 Å². The molecule has 1 atom stereocenters. The molecule has 0 aliphatic carbocycles. The fourth-order valence-corrected chi connectivity index (χ4v) is 4.96. The first kappa shape index (κ1) is 19.8. The highest BCUT2D eigenvalue weighted by Gasteiger charge is 2.50. The van der Waals surface area contributed by atoms with Gasteiger partial charge in [-0.05, 0) is 56.1 Å². The van der Waals surface area contributed by atoms with Crippen LogP contribution in [-0.4, -0.2) is 53.2 Å². The smallest absolute Gasteiger partial charge is 0.221 e. The quantitative estimate of drug-likeness (QED) is 0.757. The molecule has 1 aromatic carbocycles. The zero-order valence-electron chi connectivity index (χ0n) is 16.8. The summed E-state index contributed by atoms with van der Waals surface area (Å²) < 4.78 is 19.3. The second-order valence-corrected chi connectivity index (χ2v) is 9.16. The van der Waals surface area contributed by atoms with Crippen molar-refractivity contribution < 1.29 is 8.81 Å². The number of piperidine rings is 1. The summed E-state index contributed by atoms with van der Waals surface area (Å²) in [5.41, 5.74) is 1.16. The Morgan fingerprint density at radius 1 is 1.29 bits per heavy atom. The van der Waals surface area contributed by atoms with Gasteiger partial charge in [-0.25, -0.2) is 4.39 Å². The Hall–Kier alpha value is -1.50. The van der Waals surface area contributed by atoms with E-state index >= 15 is 0 Å². The molecule has 7 heteroatoms. The highest BCUT2D eigenvalue weighted by molar-refractivity contribution is 6.31. The fraction of sp³-hybridized carbons (Fsp3) is 0.619. The Balaban J connectivity index is 1.46. The van der Waals surface area contributed by atoms with Gasteiger partial charge in [-0.1, -0.05) is 31.5 Å². The minimum absolute atomic E-state index is 0.179. The van der Waals surface area contributed by atoms with E-state index in [1.165, 1.54) is 12.1 Å². The summed E-state index contributed by atoms with van der Waals surface area (Å²) >= 11 is 6.22. The predicted molar refractivity (Wildman–Crippen MR) is 107 cm³/mol. The number of aromatic nitrogens is 2. The lowest BCUT2D eigenvalue weighted by Crippen LogP contribution is -2.43. The lowest BCUT2D eigenvalue weighted by molar-refractivity contribution is 0.0872. The maximum Gasteiger partial charge on any atom is 0.221 e. The molecule has 2 saturated heterocycles. The van der Waals surface area contributed by atoms with E-state index in [4.69, 9.17) is 16.0 Å². The Morgan fingerprint density at radius 3 is 2.68 bits per heavy atom. The normalized spacial score (nSPS) is 23.1. The zero-order valence-corrected chi connectivity index (χ0v) is 17.5. The van der Waals surface area contributed by atoms with Gasteiger partial charge in [-0.3, -0.25) is 4.90 Å². The number of halogens is 2. The maximum atomic E-state index is 13.3. The van der Waals surface area contributed by atoms with E-state index in [-0.39, 0.29) is 23.1 Å². The first-order chi connectivity index (χ1) is 13.4. The van der Waals surface area contributed by atoms with Crippen molar-refractivity contribution in [1.82, 2.24) is 20.0 Å². The highest BCUT2D eigenvalue weighted by atomic mass is 35.5. The van der Waals surface area contributed by atoms with Crippen LogP contribution < -0.4 is 0 Å². The monoisotopic (exact) mass is 406 g/mol. The van der Waals surface area contributed by atoms with Crippen LogP contribution in [0.1, 0.15) is 55.9 Å². The molecule has 5 nitrogen and oxygen atoms in total. The molecule has 2 aromatic rings. The predicted octanol–water partition coefficient (Wildman–Crippen LogP) is 4.30. The molecule has 4 rings (SSSR count). The Bertz CT molecular complexity index is 832. The number of rotatable bonds is 4. The standard InChI is InChI=1S/C21H28ClFN4O/c1-14(2)19-24-25-20(28-19)17-12-26(3)13-21(17)6-8-27(9-7-21)11-15-4-5-16(23)10-18(15)22/h4-5,10,14,17H,6-9,11-13H2,1-3H3. The molecule has 1 aromatic heterocycles. The van der Waals surface area contributed by atoms with Gasteiger partial charge >= 0.3 is 0 Å². The number of likely N-dealkylation sites (tertiary alicyclic amines) is 2. The molecular formula is C21H28ClFN4O. The van der Waals surface area contributed by atoms with Gasteiger partial charge in [0, 0.05) is 30.6 Å². The van der Waals surface area contributed by atoms with Gasteiger partial charge in [0.05, 0.1) is 5.92 Å². The average molecular weight is 407 g/mol. The third-order valence-corrected chi connectivity index (χ3v) is 6.68. The number of hydrogen-bond acceptors (Lipinski definition) is 5. The van der Waals surface area contributed by atoms with Crippen molar-refractivity contribution in [3.8, 4) is 0 Å². The van der Waals surface area contributed by atoms with Gasteiger partial charge in [0.15, 0.2) is 0 Å². The van der Waals surface area contributed by atoms with Crippen LogP contribution in [0.25, 0.3) is 0 Å². The van der Waals surface area contributed by atoms with Gasteiger partial charge < -0.3 is 9.32 Å². The first-order valence-corrected chi connectivity index (χ1v) is 10.4. The molecule has 3 heterocycles. The van der Waals surface area contributed by atoms with Crippen LogP contribution in [0.4, 0.5) is 4.39 Å². The molecular weight excluding hydrogens is 379 g/mol. The van der Waals surface area contributed by atoms with Crippen LogP contribution in [0.3, 0.4) is 0 Å². The van der Waals surface area contributed by atoms with E-state index in [0.717, 1.165) is 62.9 Å². The molecule has 28 heavy (non-hydrogen) atoms. The van der Waals surface area contributed by atoms with E-state index in [9.17, 15) is 4.39 Å². The van der Waals surface area contributed by atoms with Crippen molar-refractivity contribution in [1.29, 1.82) is 0 Å². The minimum Gasteiger partial charge on any atom is -0.425 e. The second-order valence-electron chi connectivity index (χ2n) is 8.76. The molecule has 1 unspecified atom stereocenters. The third kappa shape index (κ3) is 3.82. The largest absolute Gasteiger partial charge is 0.425 e. The van der Waals surface area contributed by atoms with Crippen LogP contribution in [0.2, 0.25) is 5.02 Å². The number of nitrogens with zero attached hydrogens (tertiary/aromatic N) is 4. The molecule has 2 fully saturated rings. The lowest BCUT2D eigenvalue weighted by atomic mass is 9.70. The van der Waals surface area contributed by atoms with Gasteiger partial charge in [0.2, 0.25) is 11.8 Å². The van der Waals surface area contributed by atoms with Crippen LogP contribution in [0, 0.1) is 11.2 Å². The lowest BCUT2D eigenvalue weighted by Gasteiger charge is -2.41. The number of benzene rings is 1.